The van der Waals surface area contributed by atoms with Gasteiger partial charge in [0.15, 0.2) is 0 Å². The van der Waals surface area contributed by atoms with E-state index in [0.29, 0.717) is 6.54 Å². The maximum atomic E-state index is 12.3. The maximum absolute atomic E-state index is 12.3. The molecule has 0 saturated carbocycles. The first-order valence-electron chi connectivity index (χ1n) is 11.8. The van der Waals surface area contributed by atoms with E-state index in [1.54, 1.807) is 0 Å². The minimum atomic E-state index is -0.525. The molecule has 0 aliphatic carbocycles. The number of hydrogen-bond acceptors (Lipinski definition) is 4. The second-order valence-electron chi connectivity index (χ2n) is 9.21. The highest BCUT2D eigenvalue weighted by Gasteiger charge is 2.19. The van der Waals surface area contributed by atoms with E-state index in [0.717, 1.165) is 44.1 Å². The second-order valence-corrected chi connectivity index (χ2v) is 9.21. The van der Waals surface area contributed by atoms with Gasteiger partial charge in [0.05, 0.1) is 0 Å². The van der Waals surface area contributed by atoms with Crippen LogP contribution in [0.5, 0.6) is 0 Å². The van der Waals surface area contributed by atoms with Gasteiger partial charge in [-0.3, -0.25) is 0 Å². The van der Waals surface area contributed by atoms with Crippen LogP contribution in [0.4, 0.5) is 9.59 Å². The van der Waals surface area contributed by atoms with Crippen molar-refractivity contribution in [2.24, 2.45) is 0 Å². The average Bonchev–Trinajstić information content (AvgIpc) is 2.77. The number of carbonyl (C=O) groups excluding carboxylic acids is 2. The molecule has 0 heterocycles. The fourth-order valence-electron chi connectivity index (χ4n) is 3.44. The molecule has 0 aromatic heterocycles. The Morgan fingerprint density at radius 3 is 2.06 bits per heavy atom. The van der Waals surface area contributed by atoms with Crippen LogP contribution in [0.25, 0.3) is 0 Å². The van der Waals surface area contributed by atoms with Crippen molar-refractivity contribution in [3.8, 4) is 0 Å². The topological polar surface area (TPSA) is 76.7 Å². The number of nitrogens with one attached hydrogen (secondary N) is 2. The van der Waals surface area contributed by atoms with Crippen molar-refractivity contribution in [2.45, 2.75) is 77.5 Å². The first-order chi connectivity index (χ1) is 15.8. The van der Waals surface area contributed by atoms with Gasteiger partial charge in [0.25, 0.3) is 0 Å². The van der Waals surface area contributed by atoms with Gasteiger partial charge in [-0.05, 0) is 70.4 Å². The molecule has 0 saturated heterocycles. The van der Waals surface area contributed by atoms with Crippen LogP contribution in [-0.2, 0) is 22.5 Å². The van der Waals surface area contributed by atoms with Crippen LogP contribution >= 0.6 is 0 Å². The summed E-state index contributed by atoms with van der Waals surface area (Å²) in [6.45, 7) is 6.38. The van der Waals surface area contributed by atoms with Gasteiger partial charge in [-0.1, -0.05) is 60.7 Å². The van der Waals surface area contributed by atoms with Crippen molar-refractivity contribution in [2.75, 3.05) is 6.54 Å². The molecule has 2 aromatic carbocycles. The highest BCUT2D eigenvalue weighted by Crippen LogP contribution is 2.13. The van der Waals surface area contributed by atoms with Gasteiger partial charge >= 0.3 is 12.2 Å². The van der Waals surface area contributed by atoms with Crippen LogP contribution in [0.15, 0.2) is 60.7 Å². The van der Waals surface area contributed by atoms with Gasteiger partial charge in [-0.2, -0.15) is 0 Å². The summed E-state index contributed by atoms with van der Waals surface area (Å²) >= 11 is 0. The number of hydrogen-bond donors (Lipinski definition) is 2. The number of rotatable bonds is 12. The Bertz CT molecular complexity index is 819. The molecule has 6 nitrogen and oxygen atoms in total. The molecule has 2 aromatic rings. The quantitative estimate of drug-likeness (QED) is 0.386. The lowest BCUT2D eigenvalue weighted by molar-refractivity contribution is 0.0498. The Kier molecular flexibility index (Phi) is 11.3. The van der Waals surface area contributed by atoms with Crippen molar-refractivity contribution in [3.63, 3.8) is 0 Å². The Balaban J connectivity index is 1.69. The highest BCUT2D eigenvalue weighted by molar-refractivity contribution is 5.68. The Hall–Kier alpha value is -3.02. The van der Waals surface area contributed by atoms with E-state index in [9.17, 15) is 9.59 Å². The van der Waals surface area contributed by atoms with Crippen LogP contribution < -0.4 is 10.6 Å². The summed E-state index contributed by atoms with van der Waals surface area (Å²) in [5.41, 5.74) is 1.73. The Morgan fingerprint density at radius 2 is 1.42 bits per heavy atom. The lowest BCUT2D eigenvalue weighted by Gasteiger charge is -2.24. The summed E-state index contributed by atoms with van der Waals surface area (Å²) in [5, 5.41) is 5.81. The molecule has 0 aliphatic rings. The van der Waals surface area contributed by atoms with Crippen molar-refractivity contribution >= 4 is 12.2 Å². The third kappa shape index (κ3) is 12.6. The number of ether oxygens (including phenoxy) is 2. The zero-order valence-electron chi connectivity index (χ0n) is 20.1. The molecule has 2 amide bonds. The number of alkyl carbamates (subject to hydrolysis) is 2. The van der Waals surface area contributed by atoms with Gasteiger partial charge in [-0.25, -0.2) is 9.59 Å². The summed E-state index contributed by atoms with van der Waals surface area (Å²) in [4.78, 5) is 24.1. The number of unbranched alkanes of at least 4 members (excludes halogenated alkanes) is 1. The monoisotopic (exact) mass is 454 g/mol. The molecule has 0 bridgehead atoms. The van der Waals surface area contributed by atoms with Crippen molar-refractivity contribution in [1.82, 2.24) is 10.6 Å². The minimum absolute atomic E-state index is 0.0357. The smallest absolute Gasteiger partial charge is 0.407 e. The first-order valence-corrected chi connectivity index (χ1v) is 11.8. The zero-order chi connectivity index (χ0) is 23.9. The molecule has 180 valence electrons. The third-order valence-electron chi connectivity index (χ3n) is 5.04. The molecule has 1 atom stereocenters. The number of aryl methyl sites for hydroxylation is 1. The van der Waals surface area contributed by atoms with E-state index in [2.05, 4.69) is 22.8 Å². The standard InChI is InChI=1S/C27H38N2O4/c1-27(2,3)33-26(31)29-24(19-12-17-22-13-6-4-7-14-22)18-10-11-20-28-25(30)32-21-23-15-8-5-9-16-23/h4-9,13-16,24H,10-12,17-21H2,1-3H3,(H,28,30)(H,29,31)/t24-/m0/s1. The molecule has 0 spiro atoms. The second kappa shape index (κ2) is 14.2. The van der Waals surface area contributed by atoms with E-state index in [1.807, 2.05) is 69.3 Å². The van der Waals surface area contributed by atoms with Crippen molar-refractivity contribution < 1.29 is 19.1 Å². The van der Waals surface area contributed by atoms with Crippen LogP contribution in [0.2, 0.25) is 0 Å². The Labute approximate surface area is 198 Å². The van der Waals surface area contributed by atoms with E-state index in [1.165, 1.54) is 5.56 Å². The SMILES string of the molecule is CC(C)(C)OC(=O)N[C@@H](CCCCNC(=O)OCc1ccccc1)CCCc1ccccc1. The Morgan fingerprint density at radius 1 is 0.818 bits per heavy atom. The highest BCUT2D eigenvalue weighted by atomic mass is 16.6. The molecule has 0 unspecified atom stereocenters. The molecule has 0 fully saturated rings. The van der Waals surface area contributed by atoms with E-state index >= 15 is 0 Å². The lowest BCUT2D eigenvalue weighted by Crippen LogP contribution is -2.39. The third-order valence-corrected chi connectivity index (χ3v) is 5.04. The molecule has 0 radical (unpaired) electrons. The van der Waals surface area contributed by atoms with Crippen LogP contribution in [0, 0.1) is 0 Å². The summed E-state index contributed by atoms with van der Waals surface area (Å²) in [6.07, 6.45) is 4.56. The molecular formula is C27H38N2O4. The normalized spacial score (nSPS) is 12.0. The summed E-state index contributed by atoms with van der Waals surface area (Å²) in [7, 11) is 0. The number of benzene rings is 2. The van der Waals surface area contributed by atoms with Gasteiger partial charge in [0.1, 0.15) is 12.2 Å². The van der Waals surface area contributed by atoms with E-state index in [-0.39, 0.29) is 18.7 Å². The van der Waals surface area contributed by atoms with Crippen LogP contribution in [0.1, 0.15) is 64.0 Å². The minimum Gasteiger partial charge on any atom is -0.445 e. The molecule has 33 heavy (non-hydrogen) atoms. The average molecular weight is 455 g/mol. The van der Waals surface area contributed by atoms with Gasteiger partial charge in [0.2, 0.25) is 0 Å². The first kappa shape index (κ1) is 26.2. The van der Waals surface area contributed by atoms with E-state index < -0.39 is 11.7 Å². The van der Waals surface area contributed by atoms with Crippen LogP contribution in [-0.4, -0.2) is 30.4 Å². The molecular weight excluding hydrogens is 416 g/mol. The van der Waals surface area contributed by atoms with Crippen molar-refractivity contribution in [3.05, 3.63) is 71.8 Å². The lowest BCUT2D eigenvalue weighted by atomic mass is 10.0. The van der Waals surface area contributed by atoms with Gasteiger partial charge in [0, 0.05) is 12.6 Å². The predicted octanol–water partition coefficient (Wildman–Crippen LogP) is 6.00. The molecule has 2 N–H and O–H groups in total. The number of carbonyl (C=O) groups is 2. The fourth-order valence-corrected chi connectivity index (χ4v) is 3.44. The van der Waals surface area contributed by atoms with Crippen LogP contribution in [0.3, 0.4) is 0 Å². The molecule has 6 heteroatoms. The predicted molar refractivity (Wildman–Crippen MR) is 131 cm³/mol. The van der Waals surface area contributed by atoms with Gasteiger partial charge < -0.3 is 20.1 Å². The zero-order valence-corrected chi connectivity index (χ0v) is 20.1. The molecule has 0 aliphatic heterocycles. The summed E-state index contributed by atoms with van der Waals surface area (Å²) in [6, 6.07) is 20.0. The molecule has 2 rings (SSSR count). The van der Waals surface area contributed by atoms with E-state index in [4.69, 9.17) is 9.47 Å². The largest absolute Gasteiger partial charge is 0.445 e. The fraction of sp³-hybridized carbons (Fsp3) is 0.481. The van der Waals surface area contributed by atoms with Gasteiger partial charge in [-0.15, -0.1) is 0 Å². The summed E-state index contributed by atoms with van der Waals surface area (Å²) in [5.74, 6) is 0. The summed E-state index contributed by atoms with van der Waals surface area (Å²) < 4.78 is 10.7. The maximum Gasteiger partial charge on any atom is 0.407 e. The number of amides is 2. The van der Waals surface area contributed by atoms with Crippen molar-refractivity contribution in [1.29, 1.82) is 0 Å².